The van der Waals surface area contributed by atoms with E-state index < -0.39 is 17.1 Å². The summed E-state index contributed by atoms with van der Waals surface area (Å²) in [5.74, 6) is 0.288. The second kappa shape index (κ2) is 9.45. The molecule has 5 nitrogen and oxygen atoms in total. The minimum absolute atomic E-state index is 0.100. The third-order valence-corrected chi connectivity index (χ3v) is 6.18. The van der Waals surface area contributed by atoms with Crippen LogP contribution in [0.25, 0.3) is 0 Å². The average Bonchev–Trinajstić information content (AvgIpc) is 2.69. The number of allylic oxidation sites excluding steroid dienone is 1. The van der Waals surface area contributed by atoms with E-state index in [0.29, 0.717) is 11.1 Å². The van der Waals surface area contributed by atoms with Gasteiger partial charge in [-0.3, -0.25) is 4.79 Å². The molecule has 0 saturated heterocycles. The van der Waals surface area contributed by atoms with Crippen molar-refractivity contribution in [3.8, 4) is 5.75 Å². The van der Waals surface area contributed by atoms with Crippen LogP contribution in [0.3, 0.4) is 0 Å². The predicted octanol–water partition coefficient (Wildman–Crippen LogP) is 5.77. The lowest BCUT2D eigenvalue weighted by molar-refractivity contribution is -0.149. The lowest BCUT2D eigenvalue weighted by atomic mass is 9.67. The van der Waals surface area contributed by atoms with Crippen molar-refractivity contribution in [2.75, 3.05) is 14.2 Å². The van der Waals surface area contributed by atoms with E-state index in [-0.39, 0.29) is 11.8 Å². The number of aryl methyl sites for hydroxylation is 1. The van der Waals surface area contributed by atoms with Gasteiger partial charge in [-0.15, -0.1) is 0 Å². The number of ether oxygens (including phenoxy) is 3. The first-order chi connectivity index (χ1) is 14.8. The Labute approximate surface area is 192 Å². The molecule has 5 heteroatoms. The molecule has 0 spiro atoms. The van der Waals surface area contributed by atoms with Gasteiger partial charge in [0.15, 0.2) is 5.78 Å². The second-order valence-corrected chi connectivity index (χ2v) is 9.59. The zero-order valence-electron chi connectivity index (χ0n) is 21.0. The van der Waals surface area contributed by atoms with Gasteiger partial charge in [0, 0.05) is 18.1 Å². The summed E-state index contributed by atoms with van der Waals surface area (Å²) < 4.78 is 16.8. The monoisotopic (exact) mass is 440 g/mol. The molecule has 2 rings (SSSR count). The molecular weight excluding hydrogens is 404 g/mol. The molecule has 0 radical (unpaired) electrons. The number of carbonyl (C=O) groups excluding carboxylic acids is 2. The van der Waals surface area contributed by atoms with Crippen LogP contribution in [0, 0.1) is 12.3 Å². The predicted molar refractivity (Wildman–Crippen MR) is 127 cm³/mol. The standard InChI is InChI=1S/C27H36O5/c1-16-15-20(11-12-22(16)30-9)21(28)13-14-27(8)19(4)17(2)23(18(3)24(27)31-10)25(29)32-26(5,6)7/h11-15,24H,1-10H3. The lowest BCUT2D eigenvalue weighted by Crippen LogP contribution is -2.40. The van der Waals surface area contributed by atoms with Crippen LogP contribution in [0.4, 0.5) is 0 Å². The molecule has 2 atom stereocenters. The molecule has 1 aromatic rings. The Morgan fingerprint density at radius 1 is 1.06 bits per heavy atom. The van der Waals surface area contributed by atoms with E-state index in [1.807, 2.05) is 67.5 Å². The van der Waals surface area contributed by atoms with Gasteiger partial charge in [-0.25, -0.2) is 4.79 Å². The number of methoxy groups -OCH3 is 2. The summed E-state index contributed by atoms with van der Waals surface area (Å²) in [7, 11) is 3.23. The SMILES string of the molecule is COc1ccc(C(=O)C=CC2(C)C(C)=C(C)C(C(=O)OC(C)(C)C)=C(C)C2OC)cc1C. The molecule has 0 bridgehead atoms. The molecular formula is C27H36O5. The van der Waals surface area contributed by atoms with Crippen LogP contribution in [0.5, 0.6) is 5.75 Å². The Hall–Kier alpha value is -2.66. The molecule has 32 heavy (non-hydrogen) atoms. The number of ketones is 1. The molecule has 1 aliphatic rings. The molecule has 0 aliphatic heterocycles. The van der Waals surface area contributed by atoms with Gasteiger partial charge in [0.1, 0.15) is 11.4 Å². The van der Waals surface area contributed by atoms with Crippen LogP contribution >= 0.6 is 0 Å². The van der Waals surface area contributed by atoms with E-state index in [9.17, 15) is 9.59 Å². The number of hydrogen-bond donors (Lipinski definition) is 0. The van der Waals surface area contributed by atoms with E-state index in [1.165, 1.54) is 0 Å². The van der Waals surface area contributed by atoms with Crippen molar-refractivity contribution in [1.82, 2.24) is 0 Å². The van der Waals surface area contributed by atoms with E-state index in [4.69, 9.17) is 14.2 Å². The highest BCUT2D eigenvalue weighted by Gasteiger charge is 2.43. The van der Waals surface area contributed by atoms with Crippen molar-refractivity contribution < 1.29 is 23.8 Å². The Kier molecular flexibility index (Phi) is 7.56. The lowest BCUT2D eigenvalue weighted by Gasteiger charge is -2.42. The quantitative estimate of drug-likeness (QED) is 0.319. The summed E-state index contributed by atoms with van der Waals surface area (Å²) in [6.07, 6.45) is 3.07. The van der Waals surface area contributed by atoms with E-state index in [1.54, 1.807) is 32.4 Å². The number of esters is 1. The molecule has 0 N–H and O–H groups in total. The first kappa shape index (κ1) is 25.6. The summed E-state index contributed by atoms with van der Waals surface area (Å²) in [5.41, 5.74) is 3.47. The minimum atomic E-state index is -0.593. The van der Waals surface area contributed by atoms with Crippen molar-refractivity contribution in [3.05, 3.63) is 63.8 Å². The topological polar surface area (TPSA) is 61.8 Å². The van der Waals surface area contributed by atoms with Gasteiger partial charge in [-0.1, -0.05) is 11.6 Å². The molecule has 0 fully saturated rings. The molecule has 0 heterocycles. The molecule has 174 valence electrons. The Morgan fingerprint density at radius 2 is 1.69 bits per heavy atom. The maximum absolute atomic E-state index is 12.9. The van der Waals surface area contributed by atoms with Crippen LogP contribution < -0.4 is 4.74 Å². The third kappa shape index (κ3) is 5.04. The van der Waals surface area contributed by atoms with Crippen molar-refractivity contribution in [1.29, 1.82) is 0 Å². The van der Waals surface area contributed by atoms with Gasteiger partial charge in [0.2, 0.25) is 0 Å². The smallest absolute Gasteiger partial charge is 0.338 e. The first-order valence-electron chi connectivity index (χ1n) is 10.8. The molecule has 0 aromatic heterocycles. The van der Waals surface area contributed by atoms with Gasteiger partial charge in [0.25, 0.3) is 0 Å². The Morgan fingerprint density at radius 3 is 2.19 bits per heavy atom. The Balaban J connectivity index is 2.44. The zero-order chi connectivity index (χ0) is 24.4. The fourth-order valence-electron chi connectivity index (χ4n) is 4.32. The highest BCUT2D eigenvalue weighted by atomic mass is 16.6. The maximum atomic E-state index is 12.9. The Bertz CT molecular complexity index is 1000. The molecule has 2 unspecified atom stereocenters. The molecule has 1 aromatic carbocycles. The van der Waals surface area contributed by atoms with Gasteiger partial charge in [-0.2, -0.15) is 0 Å². The van der Waals surface area contributed by atoms with Crippen LogP contribution in [0.2, 0.25) is 0 Å². The molecule has 0 saturated carbocycles. The zero-order valence-corrected chi connectivity index (χ0v) is 21.0. The van der Waals surface area contributed by atoms with Crippen molar-refractivity contribution in [2.24, 2.45) is 5.41 Å². The fourth-order valence-corrected chi connectivity index (χ4v) is 4.32. The summed E-state index contributed by atoms with van der Waals surface area (Å²) in [6, 6.07) is 5.38. The number of benzene rings is 1. The van der Waals surface area contributed by atoms with Crippen LogP contribution in [0.1, 0.15) is 64.4 Å². The number of carbonyl (C=O) groups is 2. The normalized spacial score (nSPS) is 21.9. The minimum Gasteiger partial charge on any atom is -0.496 e. The molecule has 0 amide bonds. The second-order valence-electron chi connectivity index (χ2n) is 9.59. The number of rotatable bonds is 6. The van der Waals surface area contributed by atoms with Gasteiger partial charge in [-0.05, 0) is 96.4 Å². The highest BCUT2D eigenvalue weighted by molar-refractivity contribution is 6.05. The van der Waals surface area contributed by atoms with E-state index in [2.05, 4.69) is 0 Å². The van der Waals surface area contributed by atoms with Gasteiger partial charge < -0.3 is 14.2 Å². The average molecular weight is 441 g/mol. The fraction of sp³-hybridized carbons (Fsp3) is 0.481. The highest BCUT2D eigenvalue weighted by Crippen LogP contribution is 2.46. The summed E-state index contributed by atoms with van der Waals surface area (Å²) in [4.78, 5) is 25.8. The summed E-state index contributed by atoms with van der Waals surface area (Å²) in [6.45, 7) is 15.3. The van der Waals surface area contributed by atoms with Crippen LogP contribution in [0.15, 0.2) is 52.6 Å². The van der Waals surface area contributed by atoms with E-state index in [0.717, 1.165) is 28.0 Å². The number of hydrogen-bond acceptors (Lipinski definition) is 5. The molecule has 1 aliphatic carbocycles. The van der Waals surface area contributed by atoms with Crippen LogP contribution in [-0.4, -0.2) is 37.7 Å². The maximum Gasteiger partial charge on any atom is 0.338 e. The van der Waals surface area contributed by atoms with Gasteiger partial charge in [0.05, 0.1) is 18.8 Å². The van der Waals surface area contributed by atoms with Gasteiger partial charge >= 0.3 is 5.97 Å². The van der Waals surface area contributed by atoms with E-state index >= 15 is 0 Å². The van der Waals surface area contributed by atoms with Crippen molar-refractivity contribution >= 4 is 11.8 Å². The summed E-state index contributed by atoms with van der Waals surface area (Å²) in [5, 5.41) is 0. The largest absolute Gasteiger partial charge is 0.496 e. The first-order valence-corrected chi connectivity index (χ1v) is 10.8. The van der Waals surface area contributed by atoms with Crippen LogP contribution in [-0.2, 0) is 14.3 Å². The third-order valence-electron chi connectivity index (χ3n) is 6.18. The van der Waals surface area contributed by atoms with Crippen molar-refractivity contribution in [3.63, 3.8) is 0 Å². The summed E-state index contributed by atoms with van der Waals surface area (Å²) >= 11 is 0. The van der Waals surface area contributed by atoms with Crippen molar-refractivity contribution in [2.45, 2.75) is 67.1 Å².